The monoisotopic (exact) mass is 195 g/mol. The quantitative estimate of drug-likeness (QED) is 0.526. The van der Waals surface area contributed by atoms with Crippen molar-refractivity contribution in [2.24, 2.45) is 0 Å². The van der Waals surface area contributed by atoms with Gasteiger partial charge in [-0.15, -0.1) is 0 Å². The second kappa shape index (κ2) is 4.57. The summed E-state index contributed by atoms with van der Waals surface area (Å²) >= 11 is 0. The summed E-state index contributed by atoms with van der Waals surface area (Å²) in [6.45, 7) is 3.67. The average molecular weight is 195 g/mol. The van der Waals surface area contributed by atoms with Gasteiger partial charge in [0.2, 0.25) is 5.91 Å². The van der Waals surface area contributed by atoms with Crippen LogP contribution in [0.3, 0.4) is 0 Å². The SMILES string of the molecule is O=C(NCC1=CCNCC1)[C@H]1CCN1. The standard InChI is InChI=1S/C10H17N3O/c14-10(9-3-6-12-9)13-7-8-1-4-11-5-2-8/h1,9,11-12H,2-7H2,(H,13,14)/t9-/m1/s1. The molecule has 1 amide bonds. The average Bonchev–Trinajstić information content (AvgIpc) is 2.14. The lowest BCUT2D eigenvalue weighted by atomic mass is 10.1. The summed E-state index contributed by atoms with van der Waals surface area (Å²) in [6.07, 6.45) is 4.20. The normalized spacial score (nSPS) is 26.3. The zero-order chi connectivity index (χ0) is 9.80. The number of carbonyl (C=O) groups is 1. The highest BCUT2D eigenvalue weighted by molar-refractivity contribution is 5.82. The molecule has 2 aliphatic heterocycles. The van der Waals surface area contributed by atoms with Crippen molar-refractivity contribution in [1.29, 1.82) is 0 Å². The molecule has 2 heterocycles. The molecule has 14 heavy (non-hydrogen) atoms. The Morgan fingerprint density at radius 3 is 3.00 bits per heavy atom. The van der Waals surface area contributed by atoms with Gasteiger partial charge in [0.05, 0.1) is 6.04 Å². The van der Waals surface area contributed by atoms with Crippen LogP contribution in [0.5, 0.6) is 0 Å². The van der Waals surface area contributed by atoms with E-state index in [1.807, 2.05) is 0 Å². The molecule has 0 bridgehead atoms. The Hall–Kier alpha value is -0.870. The molecule has 3 N–H and O–H groups in total. The van der Waals surface area contributed by atoms with E-state index in [2.05, 4.69) is 22.0 Å². The molecule has 1 fully saturated rings. The Morgan fingerprint density at radius 1 is 1.57 bits per heavy atom. The van der Waals surface area contributed by atoms with Crippen LogP contribution < -0.4 is 16.0 Å². The molecule has 4 heteroatoms. The maximum absolute atomic E-state index is 11.5. The molecule has 2 rings (SSSR count). The van der Waals surface area contributed by atoms with Gasteiger partial charge < -0.3 is 16.0 Å². The third kappa shape index (κ3) is 2.33. The number of carbonyl (C=O) groups excluding carboxylic acids is 1. The first kappa shape index (κ1) is 9.68. The van der Waals surface area contributed by atoms with Crippen LogP contribution in [0, 0.1) is 0 Å². The third-order valence-corrected chi connectivity index (χ3v) is 2.79. The molecule has 0 saturated carbocycles. The van der Waals surface area contributed by atoms with Crippen molar-refractivity contribution in [2.45, 2.75) is 18.9 Å². The highest BCUT2D eigenvalue weighted by Crippen LogP contribution is 2.04. The molecule has 4 nitrogen and oxygen atoms in total. The van der Waals surface area contributed by atoms with Gasteiger partial charge in [0, 0.05) is 13.1 Å². The number of rotatable bonds is 3. The van der Waals surface area contributed by atoms with Crippen molar-refractivity contribution in [1.82, 2.24) is 16.0 Å². The van der Waals surface area contributed by atoms with Crippen LogP contribution in [0.4, 0.5) is 0 Å². The fourth-order valence-electron chi connectivity index (χ4n) is 1.67. The van der Waals surface area contributed by atoms with E-state index in [0.29, 0.717) is 0 Å². The van der Waals surface area contributed by atoms with Crippen molar-refractivity contribution in [3.63, 3.8) is 0 Å². The molecular weight excluding hydrogens is 178 g/mol. The second-order valence-corrected chi connectivity index (χ2v) is 3.83. The molecule has 1 atom stereocenters. The van der Waals surface area contributed by atoms with Gasteiger partial charge in [-0.05, 0) is 25.9 Å². The summed E-state index contributed by atoms with van der Waals surface area (Å²) in [6, 6.07) is 0.0670. The Bertz CT molecular complexity index is 246. The molecule has 0 aromatic carbocycles. The molecule has 0 aliphatic carbocycles. The maximum Gasteiger partial charge on any atom is 0.237 e. The molecule has 0 radical (unpaired) electrons. The molecule has 0 spiro atoms. The van der Waals surface area contributed by atoms with Crippen molar-refractivity contribution >= 4 is 5.91 Å². The van der Waals surface area contributed by atoms with E-state index in [4.69, 9.17) is 0 Å². The molecule has 0 unspecified atom stereocenters. The highest BCUT2D eigenvalue weighted by Gasteiger charge is 2.23. The lowest BCUT2D eigenvalue weighted by molar-refractivity contribution is -0.124. The van der Waals surface area contributed by atoms with Crippen LogP contribution in [0.15, 0.2) is 11.6 Å². The first-order chi connectivity index (χ1) is 6.86. The minimum absolute atomic E-state index is 0.0670. The maximum atomic E-state index is 11.5. The van der Waals surface area contributed by atoms with Crippen molar-refractivity contribution in [2.75, 3.05) is 26.2 Å². The van der Waals surface area contributed by atoms with Gasteiger partial charge in [-0.1, -0.05) is 11.6 Å². The lowest BCUT2D eigenvalue weighted by Gasteiger charge is -2.26. The van der Waals surface area contributed by atoms with Crippen molar-refractivity contribution < 1.29 is 4.79 Å². The van der Waals surface area contributed by atoms with Crippen LogP contribution in [0.25, 0.3) is 0 Å². The van der Waals surface area contributed by atoms with Crippen LogP contribution in [0.1, 0.15) is 12.8 Å². The molecule has 0 aromatic heterocycles. The first-order valence-corrected chi connectivity index (χ1v) is 5.26. The van der Waals surface area contributed by atoms with Gasteiger partial charge in [-0.3, -0.25) is 4.79 Å². The minimum Gasteiger partial charge on any atom is -0.351 e. The number of amides is 1. The molecule has 0 aromatic rings. The van der Waals surface area contributed by atoms with E-state index in [1.54, 1.807) is 0 Å². The van der Waals surface area contributed by atoms with Gasteiger partial charge in [0.25, 0.3) is 0 Å². The molecular formula is C10H17N3O. The highest BCUT2D eigenvalue weighted by atomic mass is 16.2. The zero-order valence-corrected chi connectivity index (χ0v) is 8.31. The summed E-state index contributed by atoms with van der Waals surface area (Å²) in [5, 5.41) is 9.29. The van der Waals surface area contributed by atoms with E-state index in [0.717, 1.165) is 39.0 Å². The van der Waals surface area contributed by atoms with Crippen LogP contribution in [0.2, 0.25) is 0 Å². The number of nitrogens with one attached hydrogen (secondary N) is 3. The topological polar surface area (TPSA) is 53.2 Å². The Kier molecular flexibility index (Phi) is 3.16. The van der Waals surface area contributed by atoms with Crippen LogP contribution in [-0.4, -0.2) is 38.1 Å². The van der Waals surface area contributed by atoms with E-state index >= 15 is 0 Å². The van der Waals surface area contributed by atoms with Gasteiger partial charge in [-0.25, -0.2) is 0 Å². The van der Waals surface area contributed by atoms with Gasteiger partial charge in [0.15, 0.2) is 0 Å². The summed E-state index contributed by atoms with van der Waals surface area (Å²) in [5.74, 6) is 0.149. The third-order valence-electron chi connectivity index (χ3n) is 2.79. The van der Waals surface area contributed by atoms with Gasteiger partial charge in [-0.2, -0.15) is 0 Å². The number of hydrogen-bond donors (Lipinski definition) is 3. The Balaban J connectivity index is 1.70. The molecule has 1 saturated heterocycles. The summed E-state index contributed by atoms with van der Waals surface area (Å²) in [4.78, 5) is 11.5. The number of hydrogen-bond acceptors (Lipinski definition) is 3. The summed E-state index contributed by atoms with van der Waals surface area (Å²) < 4.78 is 0. The predicted octanol–water partition coefficient (Wildman–Crippen LogP) is -0.616. The van der Waals surface area contributed by atoms with E-state index in [9.17, 15) is 4.79 Å². The Labute approximate surface area is 84.1 Å². The molecule has 2 aliphatic rings. The smallest absolute Gasteiger partial charge is 0.237 e. The largest absolute Gasteiger partial charge is 0.351 e. The second-order valence-electron chi connectivity index (χ2n) is 3.83. The summed E-state index contributed by atoms with van der Waals surface area (Å²) in [5.41, 5.74) is 1.34. The zero-order valence-electron chi connectivity index (χ0n) is 8.31. The predicted molar refractivity (Wildman–Crippen MR) is 55.0 cm³/mol. The van der Waals surface area contributed by atoms with E-state index < -0.39 is 0 Å². The first-order valence-electron chi connectivity index (χ1n) is 5.26. The van der Waals surface area contributed by atoms with Crippen LogP contribution >= 0.6 is 0 Å². The molecule has 78 valence electrons. The van der Waals surface area contributed by atoms with Crippen molar-refractivity contribution in [3.8, 4) is 0 Å². The van der Waals surface area contributed by atoms with Crippen molar-refractivity contribution in [3.05, 3.63) is 11.6 Å². The van der Waals surface area contributed by atoms with Crippen LogP contribution in [-0.2, 0) is 4.79 Å². The van der Waals surface area contributed by atoms with Gasteiger partial charge in [0.1, 0.15) is 0 Å². The lowest BCUT2D eigenvalue weighted by Crippen LogP contribution is -2.53. The van der Waals surface area contributed by atoms with E-state index in [1.165, 1.54) is 5.57 Å². The van der Waals surface area contributed by atoms with Gasteiger partial charge >= 0.3 is 0 Å². The summed E-state index contributed by atoms with van der Waals surface area (Å²) in [7, 11) is 0. The van der Waals surface area contributed by atoms with E-state index in [-0.39, 0.29) is 11.9 Å². The minimum atomic E-state index is 0.0670. The Morgan fingerprint density at radius 2 is 2.43 bits per heavy atom. The fourth-order valence-corrected chi connectivity index (χ4v) is 1.67. The fraction of sp³-hybridized carbons (Fsp3) is 0.700.